The summed E-state index contributed by atoms with van der Waals surface area (Å²) in [6.45, 7) is 0.160. The number of aromatic amines is 2. The number of nitrogens with one attached hydrogen (secondary N) is 2. The highest BCUT2D eigenvalue weighted by Crippen LogP contribution is 1.92. The smallest absolute Gasteiger partial charge is 0.323 e. The third kappa shape index (κ3) is 1.73. The molecule has 1 aromatic rings. The number of aryl methyl sites for hydroxylation is 1. The van der Waals surface area contributed by atoms with Gasteiger partial charge in [-0.1, -0.05) is 0 Å². The largest absolute Gasteiger partial charge is 0.396 e. The van der Waals surface area contributed by atoms with E-state index in [2.05, 4.69) is 9.97 Å². The molecule has 4 nitrogen and oxygen atoms in total. The molecule has 0 fully saturated rings. The van der Waals surface area contributed by atoms with Crippen molar-refractivity contribution in [3.05, 3.63) is 22.4 Å². The van der Waals surface area contributed by atoms with Gasteiger partial charge in [0.15, 0.2) is 0 Å². The lowest BCUT2D eigenvalue weighted by atomic mass is 10.3. The molecule has 0 radical (unpaired) electrons. The average molecular weight is 142 g/mol. The Morgan fingerprint density at radius 1 is 1.60 bits per heavy atom. The van der Waals surface area contributed by atoms with E-state index in [4.69, 9.17) is 5.11 Å². The van der Waals surface area contributed by atoms with E-state index in [1.54, 1.807) is 6.20 Å². The molecule has 0 saturated heterocycles. The minimum atomic E-state index is -0.187. The third-order valence-electron chi connectivity index (χ3n) is 1.26. The molecule has 0 amide bonds. The van der Waals surface area contributed by atoms with E-state index in [1.807, 2.05) is 0 Å². The number of H-pyrrole nitrogens is 2. The fourth-order valence-electron chi connectivity index (χ4n) is 0.775. The van der Waals surface area contributed by atoms with Crippen LogP contribution < -0.4 is 5.69 Å². The van der Waals surface area contributed by atoms with E-state index >= 15 is 0 Å². The molecule has 0 saturated carbocycles. The standard InChI is InChI=1S/C6H10N2O2/c9-3-1-2-5-4-7-6(10)8-5/h4,9H,1-3H2,(H2,7,8,10). The van der Waals surface area contributed by atoms with Crippen LogP contribution in [-0.2, 0) is 6.42 Å². The molecule has 0 atom stereocenters. The highest BCUT2D eigenvalue weighted by molar-refractivity contribution is 4.93. The highest BCUT2D eigenvalue weighted by atomic mass is 16.2. The van der Waals surface area contributed by atoms with Crippen molar-refractivity contribution in [2.75, 3.05) is 6.61 Å². The van der Waals surface area contributed by atoms with Gasteiger partial charge in [-0.25, -0.2) is 4.79 Å². The predicted molar refractivity (Wildman–Crippen MR) is 36.8 cm³/mol. The molecule has 0 spiro atoms. The molecule has 3 N–H and O–H groups in total. The second-order valence-corrected chi connectivity index (χ2v) is 2.10. The van der Waals surface area contributed by atoms with Crippen molar-refractivity contribution in [2.45, 2.75) is 12.8 Å². The Morgan fingerprint density at radius 3 is 2.90 bits per heavy atom. The fourth-order valence-corrected chi connectivity index (χ4v) is 0.775. The van der Waals surface area contributed by atoms with E-state index < -0.39 is 0 Å². The SMILES string of the molecule is O=c1[nH]cc(CCCO)[nH]1. The van der Waals surface area contributed by atoms with Gasteiger partial charge in [-0.2, -0.15) is 0 Å². The van der Waals surface area contributed by atoms with Crippen LogP contribution in [-0.4, -0.2) is 21.7 Å². The second-order valence-electron chi connectivity index (χ2n) is 2.10. The Morgan fingerprint density at radius 2 is 2.40 bits per heavy atom. The summed E-state index contributed by atoms with van der Waals surface area (Å²) in [5.41, 5.74) is 0.659. The van der Waals surface area contributed by atoms with Gasteiger partial charge in [-0.05, 0) is 12.8 Å². The second kappa shape index (κ2) is 3.22. The van der Waals surface area contributed by atoms with Crippen LogP contribution >= 0.6 is 0 Å². The number of hydrogen-bond donors (Lipinski definition) is 3. The number of rotatable bonds is 3. The minimum Gasteiger partial charge on any atom is -0.396 e. The first-order valence-corrected chi connectivity index (χ1v) is 3.20. The lowest BCUT2D eigenvalue weighted by molar-refractivity contribution is 0.288. The van der Waals surface area contributed by atoms with Crippen LogP contribution in [0.3, 0.4) is 0 Å². The summed E-state index contributed by atoms with van der Waals surface area (Å²) in [5.74, 6) is 0. The zero-order valence-corrected chi connectivity index (χ0v) is 5.55. The van der Waals surface area contributed by atoms with Crippen molar-refractivity contribution in [1.82, 2.24) is 9.97 Å². The summed E-state index contributed by atoms with van der Waals surface area (Å²) in [5, 5.41) is 8.43. The molecule has 56 valence electrons. The van der Waals surface area contributed by atoms with Crippen molar-refractivity contribution in [3.63, 3.8) is 0 Å². The van der Waals surface area contributed by atoms with Gasteiger partial charge < -0.3 is 15.1 Å². The number of hydrogen-bond acceptors (Lipinski definition) is 2. The van der Waals surface area contributed by atoms with Crippen molar-refractivity contribution < 1.29 is 5.11 Å². The summed E-state index contributed by atoms with van der Waals surface area (Å²) in [6.07, 6.45) is 3.03. The van der Waals surface area contributed by atoms with Crippen LogP contribution in [0.15, 0.2) is 11.0 Å². The van der Waals surface area contributed by atoms with Gasteiger partial charge in [0, 0.05) is 18.5 Å². The molecule has 1 heterocycles. The molecule has 0 aliphatic rings. The van der Waals surface area contributed by atoms with Crippen LogP contribution in [0, 0.1) is 0 Å². The molecule has 4 heteroatoms. The fraction of sp³-hybridized carbons (Fsp3) is 0.500. The van der Waals surface area contributed by atoms with Gasteiger partial charge in [-0.3, -0.25) is 0 Å². The molecule has 1 rings (SSSR count). The molecule has 0 aromatic carbocycles. The molecule has 0 bridgehead atoms. The summed E-state index contributed by atoms with van der Waals surface area (Å²) in [6, 6.07) is 0. The van der Waals surface area contributed by atoms with Gasteiger partial charge in [0.2, 0.25) is 0 Å². The Bertz CT molecular complexity index is 238. The third-order valence-corrected chi connectivity index (χ3v) is 1.26. The van der Waals surface area contributed by atoms with Crippen molar-refractivity contribution in [1.29, 1.82) is 0 Å². The van der Waals surface area contributed by atoms with E-state index in [0.717, 1.165) is 12.1 Å². The van der Waals surface area contributed by atoms with Gasteiger partial charge in [0.1, 0.15) is 0 Å². The lowest BCUT2D eigenvalue weighted by Gasteiger charge is -1.90. The van der Waals surface area contributed by atoms with Crippen LogP contribution in [0.4, 0.5) is 0 Å². The van der Waals surface area contributed by atoms with Crippen LogP contribution in [0.1, 0.15) is 12.1 Å². The van der Waals surface area contributed by atoms with Gasteiger partial charge >= 0.3 is 5.69 Å². The first-order chi connectivity index (χ1) is 4.83. The molecular formula is C6H10N2O2. The van der Waals surface area contributed by atoms with Crippen LogP contribution in [0.5, 0.6) is 0 Å². The normalized spacial score (nSPS) is 10.1. The minimum absolute atomic E-state index is 0.160. The zero-order valence-electron chi connectivity index (χ0n) is 5.55. The molecular weight excluding hydrogens is 132 g/mol. The quantitative estimate of drug-likeness (QED) is 0.538. The van der Waals surface area contributed by atoms with Crippen molar-refractivity contribution in [2.24, 2.45) is 0 Å². The maximum absolute atomic E-state index is 10.5. The summed E-state index contributed by atoms with van der Waals surface area (Å²) < 4.78 is 0. The topological polar surface area (TPSA) is 68.9 Å². The van der Waals surface area contributed by atoms with Gasteiger partial charge in [-0.15, -0.1) is 0 Å². The monoisotopic (exact) mass is 142 g/mol. The zero-order chi connectivity index (χ0) is 7.40. The highest BCUT2D eigenvalue weighted by Gasteiger charge is 1.93. The molecule has 1 aromatic heterocycles. The predicted octanol–water partition coefficient (Wildman–Crippen LogP) is -0.372. The van der Waals surface area contributed by atoms with E-state index in [1.165, 1.54) is 0 Å². The van der Waals surface area contributed by atoms with E-state index in [-0.39, 0.29) is 12.3 Å². The number of aromatic nitrogens is 2. The first-order valence-electron chi connectivity index (χ1n) is 3.20. The number of imidazole rings is 1. The Kier molecular flexibility index (Phi) is 2.28. The Balaban J connectivity index is 2.50. The first kappa shape index (κ1) is 7.08. The van der Waals surface area contributed by atoms with Crippen molar-refractivity contribution >= 4 is 0 Å². The van der Waals surface area contributed by atoms with Crippen LogP contribution in [0.25, 0.3) is 0 Å². The molecule has 10 heavy (non-hydrogen) atoms. The Hall–Kier alpha value is -1.03. The molecule has 0 aliphatic carbocycles. The summed E-state index contributed by atoms with van der Waals surface area (Å²) in [4.78, 5) is 15.6. The van der Waals surface area contributed by atoms with Gasteiger partial charge in [0.25, 0.3) is 0 Å². The van der Waals surface area contributed by atoms with Crippen LogP contribution in [0.2, 0.25) is 0 Å². The maximum atomic E-state index is 10.5. The number of aliphatic hydroxyl groups is 1. The molecule has 0 unspecified atom stereocenters. The van der Waals surface area contributed by atoms with E-state index in [0.29, 0.717) is 6.42 Å². The van der Waals surface area contributed by atoms with Gasteiger partial charge in [0.05, 0.1) is 0 Å². The lowest BCUT2D eigenvalue weighted by Crippen LogP contribution is -2.01. The Labute approximate surface area is 57.9 Å². The summed E-state index contributed by atoms with van der Waals surface area (Å²) >= 11 is 0. The molecule has 0 aliphatic heterocycles. The summed E-state index contributed by atoms with van der Waals surface area (Å²) in [7, 11) is 0. The average Bonchev–Trinajstić information content (AvgIpc) is 2.31. The van der Waals surface area contributed by atoms with Crippen molar-refractivity contribution in [3.8, 4) is 0 Å². The maximum Gasteiger partial charge on any atom is 0.323 e. The van der Waals surface area contributed by atoms with E-state index in [9.17, 15) is 4.79 Å². The number of aliphatic hydroxyl groups excluding tert-OH is 1.